The molecule has 0 nitrogen and oxygen atoms in total. The molecule has 1 aromatic rings. The van der Waals surface area contributed by atoms with Gasteiger partial charge in [0, 0.05) is 0 Å². The van der Waals surface area contributed by atoms with Crippen LogP contribution >= 0.6 is 6.89 Å². The molecule has 0 bridgehead atoms. The van der Waals surface area contributed by atoms with Gasteiger partial charge in [0.25, 0.3) is 0 Å². The molecule has 1 aliphatic carbocycles. The molecule has 0 spiro atoms. The molecule has 1 aliphatic heterocycles. The second-order valence-corrected chi connectivity index (χ2v) is 10.4. The number of hydrogen-bond acceptors (Lipinski definition) is 0. The fraction of sp³-hybridized carbons (Fsp3) is 0.500. The molecule has 1 saturated carbocycles. The summed E-state index contributed by atoms with van der Waals surface area (Å²) in [4.78, 5) is 0. The van der Waals surface area contributed by atoms with Crippen molar-refractivity contribution < 1.29 is 0 Å². The lowest BCUT2D eigenvalue weighted by Crippen LogP contribution is -2.29. The van der Waals surface area contributed by atoms with Crippen molar-refractivity contribution in [2.75, 3.05) is 6.66 Å². The molecule has 0 aromatic heterocycles. The minimum absolute atomic E-state index is 0.864. The molecule has 3 rings (SSSR count). The first-order valence-electron chi connectivity index (χ1n) is 7.59. The van der Waals surface area contributed by atoms with E-state index < -0.39 is 6.89 Å². The summed E-state index contributed by atoms with van der Waals surface area (Å²) in [5, 5.41) is 1.64. The maximum Gasteiger partial charge on any atom is -0.0158 e. The molecule has 2 aliphatic rings. The van der Waals surface area contributed by atoms with Crippen molar-refractivity contribution in [3.63, 3.8) is 0 Å². The molecule has 19 heavy (non-hydrogen) atoms. The van der Waals surface area contributed by atoms with Crippen molar-refractivity contribution in [2.45, 2.75) is 45.2 Å². The second kappa shape index (κ2) is 4.98. The highest BCUT2D eigenvalue weighted by Crippen LogP contribution is 2.55. The molecule has 1 fully saturated rings. The van der Waals surface area contributed by atoms with Gasteiger partial charge in [-0.2, -0.15) is 0 Å². The molecule has 102 valence electrons. The summed E-state index contributed by atoms with van der Waals surface area (Å²) >= 11 is 0. The molecular weight excluding hydrogens is 247 g/mol. The minimum atomic E-state index is -1.12. The van der Waals surface area contributed by atoms with E-state index in [-0.39, 0.29) is 0 Å². The van der Waals surface area contributed by atoms with Crippen LogP contribution in [0.1, 0.15) is 43.7 Å². The highest BCUT2D eigenvalue weighted by Gasteiger charge is 2.33. The fourth-order valence-corrected chi connectivity index (χ4v) is 7.36. The number of hydrogen-bond donors (Lipinski definition) is 0. The Morgan fingerprint density at radius 1 is 1.26 bits per heavy atom. The van der Waals surface area contributed by atoms with E-state index in [2.05, 4.69) is 56.7 Å². The largest absolute Gasteiger partial charge is 0.0802 e. The van der Waals surface area contributed by atoms with Crippen molar-refractivity contribution in [1.82, 2.24) is 0 Å². The Kier molecular flexibility index (Phi) is 3.48. The summed E-state index contributed by atoms with van der Waals surface area (Å²) < 4.78 is 0. The lowest BCUT2D eigenvalue weighted by Gasteiger charge is -2.40. The molecule has 0 amide bonds. The Labute approximate surface area is 117 Å². The topological polar surface area (TPSA) is 0 Å². The van der Waals surface area contributed by atoms with Crippen LogP contribution in [0.25, 0.3) is 6.08 Å². The van der Waals surface area contributed by atoms with Gasteiger partial charge >= 0.3 is 0 Å². The third kappa shape index (κ3) is 2.25. The number of benzene rings is 1. The van der Waals surface area contributed by atoms with Gasteiger partial charge in [-0.3, -0.25) is 0 Å². The summed E-state index contributed by atoms with van der Waals surface area (Å²) in [5.74, 6) is 3.63. The molecule has 1 aromatic carbocycles. The van der Waals surface area contributed by atoms with Crippen molar-refractivity contribution in [1.29, 1.82) is 0 Å². The monoisotopic (exact) mass is 272 g/mol. The van der Waals surface area contributed by atoms with Crippen molar-refractivity contribution in [2.24, 2.45) is 5.92 Å². The van der Waals surface area contributed by atoms with Gasteiger partial charge in [-0.1, -0.05) is 61.9 Å². The minimum Gasteiger partial charge on any atom is -0.0802 e. The van der Waals surface area contributed by atoms with Crippen molar-refractivity contribution in [3.8, 4) is 0 Å². The molecule has 1 heteroatoms. The van der Waals surface area contributed by atoms with Crippen LogP contribution < -0.4 is 5.30 Å². The van der Waals surface area contributed by atoms with E-state index in [1.807, 2.05) is 0 Å². The summed E-state index contributed by atoms with van der Waals surface area (Å²) in [7, 11) is 0. The van der Waals surface area contributed by atoms with Gasteiger partial charge in [-0.15, -0.1) is 0 Å². The zero-order valence-electron chi connectivity index (χ0n) is 12.4. The molecule has 0 radical (unpaired) electrons. The zero-order valence-corrected chi connectivity index (χ0v) is 13.3. The van der Waals surface area contributed by atoms with Gasteiger partial charge in [-0.25, -0.2) is 0 Å². The molecule has 1 heterocycles. The van der Waals surface area contributed by atoms with Gasteiger partial charge < -0.3 is 0 Å². The summed E-state index contributed by atoms with van der Waals surface area (Å²) in [6.45, 7) is 6.17. The first kappa shape index (κ1) is 13.3. The van der Waals surface area contributed by atoms with Gasteiger partial charge in [0.2, 0.25) is 0 Å². The predicted octanol–water partition coefficient (Wildman–Crippen LogP) is 4.68. The van der Waals surface area contributed by atoms with Gasteiger partial charge in [0.05, 0.1) is 0 Å². The van der Waals surface area contributed by atoms with Gasteiger partial charge in [-0.05, 0) is 55.3 Å². The van der Waals surface area contributed by atoms with Crippen molar-refractivity contribution in [3.05, 3.63) is 35.4 Å². The van der Waals surface area contributed by atoms with Gasteiger partial charge in [0.15, 0.2) is 0 Å². The molecule has 0 saturated heterocycles. The Bertz CT molecular complexity index is 561. The number of rotatable bonds is 2. The van der Waals surface area contributed by atoms with E-state index in [4.69, 9.17) is 0 Å². The van der Waals surface area contributed by atoms with Crippen LogP contribution in [0.15, 0.2) is 24.3 Å². The second-order valence-electron chi connectivity index (χ2n) is 6.46. The van der Waals surface area contributed by atoms with Crippen LogP contribution in [-0.4, -0.2) is 18.1 Å². The third-order valence-corrected chi connectivity index (χ3v) is 9.83. The smallest absolute Gasteiger partial charge is 0.0158 e. The Morgan fingerprint density at radius 2 is 2.05 bits per heavy atom. The summed E-state index contributed by atoms with van der Waals surface area (Å²) in [6, 6.07) is 7.09. The highest BCUT2D eigenvalue weighted by molar-refractivity contribution is 7.81. The fourth-order valence-electron chi connectivity index (χ4n) is 3.57. The third-order valence-electron chi connectivity index (χ3n) is 5.30. The number of aryl methyl sites for hydroxylation is 1. The molecular formula is C18H25P. The lowest BCUT2D eigenvalue weighted by molar-refractivity contribution is 0.312. The summed E-state index contributed by atoms with van der Waals surface area (Å²) in [5.41, 5.74) is 3.73. The first-order chi connectivity index (χ1) is 9.11. The number of fused-ring (bicyclic) bond motifs is 1. The maximum absolute atomic E-state index is 2.66. The van der Waals surface area contributed by atoms with E-state index in [0.29, 0.717) is 0 Å². The SMILES string of the molecule is Cc1ccc2c(c1)C=CCC=P2(C)C(C)C1CCC1. The molecule has 0 N–H and O–H groups in total. The van der Waals surface area contributed by atoms with E-state index in [1.165, 1.54) is 30.4 Å². The zero-order chi connectivity index (χ0) is 13.5. The van der Waals surface area contributed by atoms with Crippen LogP contribution in [0.5, 0.6) is 0 Å². The number of allylic oxidation sites excluding steroid dienone is 1. The maximum atomic E-state index is 2.66. The van der Waals surface area contributed by atoms with Crippen LogP contribution in [0, 0.1) is 12.8 Å². The summed E-state index contributed by atoms with van der Waals surface area (Å²) in [6.07, 6.45) is 10.2. The van der Waals surface area contributed by atoms with E-state index >= 15 is 0 Å². The predicted molar refractivity (Wildman–Crippen MR) is 90.2 cm³/mol. The Morgan fingerprint density at radius 3 is 2.74 bits per heavy atom. The normalized spacial score (nSPS) is 27.9. The average molecular weight is 272 g/mol. The van der Waals surface area contributed by atoms with E-state index in [0.717, 1.165) is 18.0 Å². The van der Waals surface area contributed by atoms with Crippen molar-refractivity contribution >= 4 is 24.1 Å². The van der Waals surface area contributed by atoms with E-state index in [9.17, 15) is 0 Å². The van der Waals surface area contributed by atoms with E-state index in [1.54, 1.807) is 5.30 Å². The Hall–Kier alpha value is -0.740. The van der Waals surface area contributed by atoms with Crippen LogP contribution in [0.3, 0.4) is 0 Å². The quantitative estimate of drug-likeness (QED) is 0.686. The Balaban J connectivity index is 2.09. The highest BCUT2D eigenvalue weighted by atomic mass is 31.2. The van der Waals surface area contributed by atoms with Gasteiger partial charge in [0.1, 0.15) is 0 Å². The average Bonchev–Trinajstić information content (AvgIpc) is 2.47. The standard InChI is InChI=1S/C18H25P/c1-14-10-11-18-17(13-14)7-4-5-12-19(18,3)15(2)16-8-6-9-16/h4,7,10-13,15-16H,5-6,8-9H2,1-3H3. The molecule has 2 atom stereocenters. The van der Waals surface area contributed by atoms with Crippen LogP contribution in [0.2, 0.25) is 0 Å². The first-order valence-corrected chi connectivity index (χ1v) is 9.97. The molecule has 2 unspecified atom stereocenters. The lowest BCUT2D eigenvalue weighted by atomic mass is 9.83. The van der Waals surface area contributed by atoms with Crippen LogP contribution in [0.4, 0.5) is 0 Å². The van der Waals surface area contributed by atoms with Crippen LogP contribution in [-0.2, 0) is 0 Å².